The molecule has 0 unspecified atom stereocenters. The van der Waals surface area contributed by atoms with Crippen LogP contribution in [0.15, 0.2) is 60.8 Å². The quantitative estimate of drug-likeness (QED) is 0.176. The second kappa shape index (κ2) is 9.08. The van der Waals surface area contributed by atoms with Gasteiger partial charge in [0.15, 0.2) is 0 Å². The number of ether oxygens (including phenoxy) is 2. The van der Waals surface area contributed by atoms with Crippen LogP contribution >= 0.6 is 0 Å². The number of aromatic nitrogens is 5. The predicted molar refractivity (Wildman–Crippen MR) is 129 cm³/mol. The van der Waals surface area contributed by atoms with Crippen molar-refractivity contribution in [3.63, 3.8) is 0 Å². The maximum Gasteiger partial charge on any atom is 2.00 e. The fraction of sp³-hybridized carbons (Fsp3) is 0.111. The first-order chi connectivity index (χ1) is 16.5. The Morgan fingerprint density at radius 3 is 2.46 bits per heavy atom. The second-order valence-electron chi connectivity index (χ2n) is 8.08. The number of aryl methyl sites for hydroxylation is 3. The van der Waals surface area contributed by atoms with E-state index < -0.39 is 0 Å². The molecule has 0 fully saturated rings. The van der Waals surface area contributed by atoms with Gasteiger partial charge in [-0.05, 0) is 44.5 Å². The third kappa shape index (κ3) is 4.35. The standard InChI is InChI=1S/C27H19N5O2.Pt/c1-16-11-12-28-25(13-16)34-20-6-4-5-19(14-20)33-21-8-9-22-23(15-21)27-30-18(3)31-32(27)24-10-7-17(2)29-26(22)24;/h4-13H,1-3H3;/q-2;+2. The fourth-order valence-electron chi connectivity index (χ4n) is 3.91. The third-order valence-electron chi connectivity index (χ3n) is 5.42. The van der Waals surface area contributed by atoms with Crippen molar-refractivity contribution < 1.29 is 30.5 Å². The van der Waals surface area contributed by atoms with E-state index in [1.165, 1.54) is 0 Å². The summed E-state index contributed by atoms with van der Waals surface area (Å²) in [7, 11) is 0. The van der Waals surface area contributed by atoms with Crippen LogP contribution in [-0.2, 0) is 21.1 Å². The van der Waals surface area contributed by atoms with Gasteiger partial charge in [-0.25, -0.2) is 4.98 Å². The molecule has 0 spiro atoms. The van der Waals surface area contributed by atoms with Crippen molar-refractivity contribution in [1.29, 1.82) is 0 Å². The summed E-state index contributed by atoms with van der Waals surface area (Å²) >= 11 is 0. The first kappa shape index (κ1) is 22.9. The van der Waals surface area contributed by atoms with Gasteiger partial charge in [0.05, 0.1) is 16.7 Å². The Labute approximate surface area is 216 Å². The van der Waals surface area contributed by atoms with Gasteiger partial charge in [-0.3, -0.25) is 14.5 Å². The van der Waals surface area contributed by atoms with Crippen LogP contribution in [0, 0.1) is 32.9 Å². The molecule has 0 aliphatic heterocycles. The minimum Gasteiger partial charge on any atom is -0.503 e. The van der Waals surface area contributed by atoms with Crippen molar-refractivity contribution in [2.45, 2.75) is 20.8 Å². The van der Waals surface area contributed by atoms with Crippen molar-refractivity contribution in [3.05, 3.63) is 90.0 Å². The Morgan fingerprint density at radius 2 is 1.63 bits per heavy atom. The van der Waals surface area contributed by atoms with Gasteiger partial charge in [0.2, 0.25) is 5.88 Å². The zero-order valence-electron chi connectivity index (χ0n) is 19.1. The molecule has 6 aromatic rings. The van der Waals surface area contributed by atoms with E-state index in [1.54, 1.807) is 6.20 Å². The average molecular weight is 641 g/mol. The number of hydrogen-bond acceptors (Lipinski definition) is 6. The SMILES string of the molecule is Cc1ccnc(Oc2[c-]c(Oc3[c-]c4c(cc3)c3nc(C)ccc3n3nc(C)nc43)ccc2)c1.[Pt+2]. The molecule has 174 valence electrons. The molecule has 7 nitrogen and oxygen atoms in total. The molecule has 0 aliphatic carbocycles. The molecule has 8 heteroatoms. The van der Waals surface area contributed by atoms with Crippen LogP contribution in [0.5, 0.6) is 23.1 Å². The molecule has 4 heterocycles. The number of fused-ring (bicyclic) bond motifs is 6. The van der Waals surface area contributed by atoms with Gasteiger partial charge < -0.3 is 9.47 Å². The van der Waals surface area contributed by atoms with Crippen LogP contribution in [0.25, 0.3) is 27.5 Å². The van der Waals surface area contributed by atoms with E-state index in [-0.39, 0.29) is 21.1 Å². The number of rotatable bonds is 4. The molecule has 4 aromatic heterocycles. The molecule has 0 atom stereocenters. The molecule has 0 saturated carbocycles. The fourth-order valence-corrected chi connectivity index (χ4v) is 3.91. The summed E-state index contributed by atoms with van der Waals surface area (Å²) in [6.45, 7) is 5.83. The van der Waals surface area contributed by atoms with E-state index in [9.17, 15) is 0 Å². The smallest absolute Gasteiger partial charge is 0.503 e. The molecule has 6 rings (SSSR count). The summed E-state index contributed by atoms with van der Waals surface area (Å²) in [6, 6.07) is 23.6. The number of nitrogens with zero attached hydrogens (tertiary/aromatic N) is 5. The summed E-state index contributed by atoms with van der Waals surface area (Å²) in [6.07, 6.45) is 1.71. The minimum atomic E-state index is 0. The van der Waals surface area contributed by atoms with Crippen LogP contribution < -0.4 is 9.47 Å². The van der Waals surface area contributed by atoms with E-state index in [4.69, 9.17) is 14.5 Å². The Morgan fingerprint density at radius 1 is 0.829 bits per heavy atom. The van der Waals surface area contributed by atoms with E-state index in [0.717, 1.165) is 33.1 Å². The van der Waals surface area contributed by atoms with Gasteiger partial charge >= 0.3 is 21.1 Å². The molecule has 0 aliphatic rings. The third-order valence-corrected chi connectivity index (χ3v) is 5.42. The van der Waals surface area contributed by atoms with Gasteiger partial charge in [-0.15, -0.1) is 18.2 Å². The van der Waals surface area contributed by atoms with Gasteiger partial charge in [-0.1, -0.05) is 29.0 Å². The van der Waals surface area contributed by atoms with Crippen molar-refractivity contribution >= 4 is 27.5 Å². The van der Waals surface area contributed by atoms with E-state index >= 15 is 0 Å². The summed E-state index contributed by atoms with van der Waals surface area (Å²) in [5, 5.41) is 6.30. The van der Waals surface area contributed by atoms with Crippen LogP contribution in [0.1, 0.15) is 17.1 Å². The average Bonchev–Trinajstić information content (AvgIpc) is 3.21. The number of hydrogen-bond donors (Lipinski definition) is 0. The first-order valence-electron chi connectivity index (χ1n) is 10.8. The first-order valence-corrected chi connectivity index (χ1v) is 10.8. The summed E-state index contributed by atoms with van der Waals surface area (Å²) < 4.78 is 13.7. The normalized spacial score (nSPS) is 11.1. The Bertz CT molecular complexity index is 1710. The van der Waals surface area contributed by atoms with Crippen molar-refractivity contribution in [3.8, 4) is 23.1 Å². The van der Waals surface area contributed by atoms with Gasteiger partial charge in [0.1, 0.15) is 5.82 Å². The Balaban J connectivity index is 0.00000253. The van der Waals surface area contributed by atoms with Gasteiger partial charge in [-0.2, -0.15) is 11.2 Å². The van der Waals surface area contributed by atoms with Crippen LogP contribution in [0.4, 0.5) is 0 Å². The zero-order chi connectivity index (χ0) is 23.2. The van der Waals surface area contributed by atoms with Gasteiger partial charge in [0.25, 0.3) is 0 Å². The molecule has 35 heavy (non-hydrogen) atoms. The molecule has 2 aromatic carbocycles. The number of pyridine rings is 3. The topological polar surface area (TPSA) is 74.4 Å². The van der Waals surface area contributed by atoms with Crippen LogP contribution in [-0.4, -0.2) is 24.6 Å². The molecule has 0 radical (unpaired) electrons. The van der Waals surface area contributed by atoms with E-state index in [2.05, 4.69) is 27.2 Å². The molecule has 0 saturated heterocycles. The molecule has 0 bridgehead atoms. The van der Waals surface area contributed by atoms with Crippen LogP contribution in [0.2, 0.25) is 0 Å². The van der Waals surface area contributed by atoms with Crippen molar-refractivity contribution in [2.75, 3.05) is 0 Å². The molecular weight excluding hydrogens is 621 g/mol. The molecule has 0 N–H and O–H groups in total. The Hall–Kier alpha value is -3.83. The maximum absolute atomic E-state index is 6.09. The molecular formula is C27H19N5O2Pt. The summed E-state index contributed by atoms with van der Waals surface area (Å²) in [5.41, 5.74) is 4.46. The maximum atomic E-state index is 6.09. The van der Waals surface area contributed by atoms with Gasteiger partial charge in [0, 0.05) is 35.2 Å². The minimum absolute atomic E-state index is 0. The van der Waals surface area contributed by atoms with E-state index in [1.807, 2.05) is 79.9 Å². The van der Waals surface area contributed by atoms with Crippen LogP contribution in [0.3, 0.4) is 0 Å². The summed E-state index contributed by atoms with van der Waals surface area (Å²) in [4.78, 5) is 13.6. The predicted octanol–water partition coefficient (Wildman–Crippen LogP) is 5.93. The largest absolute Gasteiger partial charge is 2.00 e. The Kier molecular flexibility index (Phi) is 5.95. The number of benzene rings is 2. The molecule has 0 amide bonds. The monoisotopic (exact) mass is 640 g/mol. The summed E-state index contributed by atoms with van der Waals surface area (Å²) in [5.74, 6) is 2.73. The van der Waals surface area contributed by atoms with E-state index in [0.29, 0.717) is 34.6 Å². The zero-order valence-corrected chi connectivity index (χ0v) is 21.4. The second-order valence-corrected chi connectivity index (χ2v) is 8.08. The van der Waals surface area contributed by atoms with Crippen molar-refractivity contribution in [1.82, 2.24) is 24.6 Å². The van der Waals surface area contributed by atoms with Crippen molar-refractivity contribution in [2.24, 2.45) is 0 Å².